The molecule has 0 aliphatic rings. The van der Waals surface area contributed by atoms with Crippen molar-refractivity contribution in [3.8, 4) is 11.8 Å². The summed E-state index contributed by atoms with van der Waals surface area (Å²) in [4.78, 5) is 4.13. The molecule has 3 nitrogen and oxygen atoms in total. The maximum Gasteiger partial charge on any atom is 0.158 e. The van der Waals surface area contributed by atoms with Crippen LogP contribution in [0.15, 0.2) is 0 Å². The zero-order valence-electron chi connectivity index (χ0n) is 8.88. The van der Waals surface area contributed by atoms with Gasteiger partial charge in [0.2, 0.25) is 0 Å². The summed E-state index contributed by atoms with van der Waals surface area (Å²) in [5.74, 6) is 5.36. The van der Waals surface area contributed by atoms with Crippen LogP contribution in [0.3, 0.4) is 0 Å². The fraction of sp³-hybridized carbons (Fsp3) is 0.800. The Morgan fingerprint density at radius 2 is 1.62 bits per heavy atom. The summed E-state index contributed by atoms with van der Waals surface area (Å²) in [6.45, 7) is 8.63. The van der Waals surface area contributed by atoms with E-state index in [1.54, 1.807) is 20.8 Å². The van der Waals surface area contributed by atoms with E-state index in [2.05, 4.69) is 16.7 Å². The Balaban J connectivity index is 4.58. The Morgan fingerprint density at radius 1 is 1.15 bits per heavy atom. The molecule has 0 aromatic heterocycles. The average molecular weight is 186 g/mol. The summed E-state index contributed by atoms with van der Waals surface area (Å²) in [5, 5.41) is 18.2. The molecule has 76 valence electrons. The third-order valence-electron chi connectivity index (χ3n) is 1.97. The van der Waals surface area contributed by atoms with Crippen molar-refractivity contribution in [3.63, 3.8) is 0 Å². The standard InChI is InChI=1S/C10H18O3/c1-8(2)10(5,11)7-6-9(3,4)13-12/h8,11-12H,1-5H3. The van der Waals surface area contributed by atoms with Gasteiger partial charge in [-0.2, -0.15) is 0 Å². The zero-order valence-corrected chi connectivity index (χ0v) is 8.88. The van der Waals surface area contributed by atoms with E-state index in [-0.39, 0.29) is 5.92 Å². The molecule has 0 fully saturated rings. The van der Waals surface area contributed by atoms with Gasteiger partial charge in [-0.25, -0.2) is 4.89 Å². The van der Waals surface area contributed by atoms with Gasteiger partial charge >= 0.3 is 0 Å². The zero-order chi connectivity index (χ0) is 10.7. The molecule has 0 saturated heterocycles. The molecular formula is C10H18O3. The highest BCUT2D eigenvalue weighted by atomic mass is 17.1. The maximum atomic E-state index is 9.74. The summed E-state index contributed by atoms with van der Waals surface area (Å²) in [6.07, 6.45) is 0. The Hall–Kier alpha value is -0.560. The van der Waals surface area contributed by atoms with E-state index in [1.807, 2.05) is 13.8 Å². The minimum atomic E-state index is -1.05. The molecule has 1 atom stereocenters. The number of rotatable bonds is 2. The molecule has 0 bridgehead atoms. The molecule has 3 heteroatoms. The van der Waals surface area contributed by atoms with Gasteiger partial charge in [-0.1, -0.05) is 25.7 Å². The van der Waals surface area contributed by atoms with Crippen molar-refractivity contribution in [2.45, 2.75) is 45.8 Å². The van der Waals surface area contributed by atoms with Gasteiger partial charge in [0.15, 0.2) is 5.60 Å². The van der Waals surface area contributed by atoms with E-state index in [9.17, 15) is 5.11 Å². The van der Waals surface area contributed by atoms with E-state index >= 15 is 0 Å². The van der Waals surface area contributed by atoms with Crippen molar-refractivity contribution < 1.29 is 15.3 Å². The van der Waals surface area contributed by atoms with E-state index in [4.69, 9.17) is 5.26 Å². The first-order valence-electron chi connectivity index (χ1n) is 4.30. The molecule has 0 rings (SSSR count). The molecule has 0 aliphatic heterocycles. The van der Waals surface area contributed by atoms with Crippen LogP contribution in [0.2, 0.25) is 0 Å². The monoisotopic (exact) mass is 186 g/mol. The molecule has 13 heavy (non-hydrogen) atoms. The first-order valence-corrected chi connectivity index (χ1v) is 4.30. The second kappa shape index (κ2) is 4.10. The predicted octanol–water partition coefficient (Wildman–Crippen LogP) is 1.67. The first-order chi connectivity index (χ1) is 5.71. The van der Waals surface area contributed by atoms with Crippen molar-refractivity contribution in [2.24, 2.45) is 5.92 Å². The third-order valence-corrected chi connectivity index (χ3v) is 1.97. The molecule has 0 radical (unpaired) electrons. The van der Waals surface area contributed by atoms with E-state index < -0.39 is 11.2 Å². The van der Waals surface area contributed by atoms with Gasteiger partial charge in [-0.15, -0.1) is 0 Å². The normalized spacial score (nSPS) is 16.3. The second-order valence-corrected chi connectivity index (χ2v) is 4.15. The molecule has 0 aromatic rings. The lowest BCUT2D eigenvalue weighted by molar-refractivity contribution is -0.293. The van der Waals surface area contributed by atoms with Crippen LogP contribution in [0.4, 0.5) is 0 Å². The summed E-state index contributed by atoms with van der Waals surface area (Å²) in [6, 6.07) is 0. The smallest absolute Gasteiger partial charge is 0.158 e. The van der Waals surface area contributed by atoms with Gasteiger partial charge < -0.3 is 5.11 Å². The van der Waals surface area contributed by atoms with Crippen LogP contribution in [0.5, 0.6) is 0 Å². The fourth-order valence-corrected chi connectivity index (χ4v) is 0.444. The third kappa shape index (κ3) is 4.28. The van der Waals surface area contributed by atoms with Gasteiger partial charge in [0.25, 0.3) is 0 Å². The van der Waals surface area contributed by atoms with Gasteiger partial charge in [0.05, 0.1) is 0 Å². The minimum absolute atomic E-state index is 0.0366. The molecule has 1 unspecified atom stereocenters. The Morgan fingerprint density at radius 3 is 1.92 bits per heavy atom. The maximum absolute atomic E-state index is 9.74. The van der Waals surface area contributed by atoms with Crippen molar-refractivity contribution in [3.05, 3.63) is 0 Å². The largest absolute Gasteiger partial charge is 0.378 e. The van der Waals surface area contributed by atoms with Crippen molar-refractivity contribution >= 4 is 0 Å². The lowest BCUT2D eigenvalue weighted by atomic mass is 9.92. The van der Waals surface area contributed by atoms with Gasteiger partial charge in [-0.05, 0) is 26.7 Å². The summed E-state index contributed by atoms with van der Waals surface area (Å²) >= 11 is 0. The minimum Gasteiger partial charge on any atom is -0.378 e. The van der Waals surface area contributed by atoms with Crippen molar-refractivity contribution in [2.75, 3.05) is 0 Å². The molecule has 0 amide bonds. The van der Waals surface area contributed by atoms with Crippen LogP contribution in [0.25, 0.3) is 0 Å². The van der Waals surface area contributed by atoms with Crippen LogP contribution in [0.1, 0.15) is 34.6 Å². The molecule has 0 aliphatic carbocycles. The van der Waals surface area contributed by atoms with Crippen LogP contribution in [-0.4, -0.2) is 21.6 Å². The van der Waals surface area contributed by atoms with E-state index in [1.165, 1.54) is 0 Å². The van der Waals surface area contributed by atoms with Crippen molar-refractivity contribution in [1.82, 2.24) is 0 Å². The molecule has 0 saturated carbocycles. The van der Waals surface area contributed by atoms with Crippen LogP contribution >= 0.6 is 0 Å². The summed E-state index contributed by atoms with van der Waals surface area (Å²) < 4.78 is 0. The van der Waals surface area contributed by atoms with Gasteiger partial charge in [0.1, 0.15) is 5.60 Å². The van der Waals surface area contributed by atoms with Crippen molar-refractivity contribution in [1.29, 1.82) is 0 Å². The number of aliphatic hydroxyl groups is 1. The molecule has 0 spiro atoms. The summed E-state index contributed by atoms with van der Waals surface area (Å²) in [7, 11) is 0. The highest BCUT2D eigenvalue weighted by Crippen LogP contribution is 2.15. The quantitative estimate of drug-likeness (QED) is 0.392. The predicted molar refractivity (Wildman–Crippen MR) is 51.0 cm³/mol. The molecule has 0 heterocycles. The summed E-state index contributed by atoms with van der Waals surface area (Å²) in [5.41, 5.74) is -1.98. The second-order valence-electron chi connectivity index (χ2n) is 4.15. The number of hydrogen-bond acceptors (Lipinski definition) is 3. The first kappa shape index (κ1) is 12.4. The fourth-order valence-electron chi connectivity index (χ4n) is 0.444. The van der Waals surface area contributed by atoms with Crippen LogP contribution < -0.4 is 0 Å². The highest BCUT2D eigenvalue weighted by Gasteiger charge is 2.23. The van der Waals surface area contributed by atoms with Gasteiger partial charge in [0, 0.05) is 0 Å². The van der Waals surface area contributed by atoms with Crippen LogP contribution in [0, 0.1) is 17.8 Å². The Bertz CT molecular complexity index is 218. The molecule has 0 aromatic carbocycles. The van der Waals surface area contributed by atoms with Gasteiger partial charge in [-0.3, -0.25) is 5.26 Å². The highest BCUT2D eigenvalue weighted by molar-refractivity contribution is 5.19. The Kier molecular flexibility index (Phi) is 3.92. The lowest BCUT2D eigenvalue weighted by Gasteiger charge is -2.22. The molecule has 2 N–H and O–H groups in total. The van der Waals surface area contributed by atoms with E-state index in [0.29, 0.717) is 0 Å². The average Bonchev–Trinajstić information content (AvgIpc) is 2.01. The van der Waals surface area contributed by atoms with E-state index in [0.717, 1.165) is 0 Å². The lowest BCUT2D eigenvalue weighted by Crippen LogP contribution is -2.30. The molecular weight excluding hydrogens is 168 g/mol. The van der Waals surface area contributed by atoms with Crippen LogP contribution in [-0.2, 0) is 4.89 Å². The topological polar surface area (TPSA) is 49.7 Å². The Labute approximate surface area is 79.7 Å². The SMILES string of the molecule is CC(C)C(C)(O)C#CC(C)(C)OO. The number of hydrogen-bond donors (Lipinski definition) is 2.